The highest BCUT2D eigenvalue weighted by Crippen LogP contribution is 2.03. The molecule has 0 aliphatic carbocycles. The molecular formula is C11H18N2O5S. The van der Waals surface area contributed by atoms with Gasteiger partial charge in [0.1, 0.15) is 0 Å². The van der Waals surface area contributed by atoms with E-state index in [0.717, 1.165) is 0 Å². The van der Waals surface area contributed by atoms with Gasteiger partial charge in [-0.05, 0) is 20.8 Å². The summed E-state index contributed by atoms with van der Waals surface area (Å²) in [6.07, 6.45) is 1.50. The van der Waals surface area contributed by atoms with E-state index >= 15 is 0 Å². The van der Waals surface area contributed by atoms with Crippen molar-refractivity contribution in [2.45, 2.75) is 26.8 Å². The third-order valence-electron chi connectivity index (χ3n) is 2.31. The summed E-state index contributed by atoms with van der Waals surface area (Å²) in [7, 11) is -1.06. The topological polar surface area (TPSA) is 113 Å². The molecule has 0 fully saturated rings. The predicted octanol–water partition coefficient (Wildman–Crippen LogP) is 0.000200. The van der Waals surface area contributed by atoms with Crippen molar-refractivity contribution < 1.29 is 23.7 Å². The Balaban J connectivity index is 4.50. The van der Waals surface area contributed by atoms with E-state index in [1.807, 2.05) is 5.32 Å². The molecule has 0 rings (SSSR count). The van der Waals surface area contributed by atoms with Crippen LogP contribution >= 0.6 is 0 Å². The van der Waals surface area contributed by atoms with Crippen LogP contribution in [-0.2, 0) is 20.4 Å². The summed E-state index contributed by atoms with van der Waals surface area (Å²) in [6.45, 7) is 4.24. The molecule has 0 bridgehead atoms. The molecule has 0 heterocycles. The smallest absolute Gasteiger partial charge is 0.331 e. The van der Waals surface area contributed by atoms with Crippen LogP contribution < -0.4 is 10.6 Å². The maximum Gasteiger partial charge on any atom is 0.331 e. The third-order valence-corrected chi connectivity index (χ3v) is 3.28. The number of urea groups is 1. The number of aliphatic carboxylic acids is 1. The van der Waals surface area contributed by atoms with E-state index in [0.29, 0.717) is 0 Å². The van der Waals surface area contributed by atoms with Gasteiger partial charge in [-0.15, -0.1) is 0 Å². The van der Waals surface area contributed by atoms with E-state index in [1.165, 1.54) is 20.1 Å². The minimum atomic E-state index is -1.22. The average molecular weight is 290 g/mol. The van der Waals surface area contributed by atoms with Gasteiger partial charge < -0.3 is 10.4 Å². The van der Waals surface area contributed by atoms with Gasteiger partial charge >= 0.3 is 12.0 Å². The average Bonchev–Trinajstić information content (AvgIpc) is 2.24. The van der Waals surface area contributed by atoms with Crippen LogP contribution in [0.15, 0.2) is 11.1 Å². The van der Waals surface area contributed by atoms with E-state index in [-0.39, 0.29) is 22.9 Å². The molecule has 108 valence electrons. The van der Waals surface area contributed by atoms with E-state index in [2.05, 4.69) is 5.32 Å². The fourth-order valence-corrected chi connectivity index (χ4v) is 1.97. The molecule has 3 amide bonds. The first-order valence-electron chi connectivity index (χ1n) is 5.47. The highest BCUT2D eigenvalue weighted by molar-refractivity contribution is 7.84. The first kappa shape index (κ1) is 17.3. The standard InChI is InChI=1S/C11H18N2O5S/c1-6(5-19(4)18)12-11(17)13-9(14)7(2)8(3)10(15)16/h6H,5H2,1-4H3,(H,15,16)(H2,12,13,14,17). The SMILES string of the molecule is CC(C(=O)O)=C(C)C(=O)NC(=O)NC(C)CS(C)=O. The van der Waals surface area contributed by atoms with Crippen molar-refractivity contribution in [3.05, 3.63) is 11.1 Å². The lowest BCUT2D eigenvalue weighted by Gasteiger charge is -2.13. The molecule has 0 spiro atoms. The lowest BCUT2D eigenvalue weighted by molar-refractivity contribution is -0.133. The predicted molar refractivity (Wildman–Crippen MR) is 71.1 cm³/mol. The monoisotopic (exact) mass is 290 g/mol. The summed E-state index contributed by atoms with van der Waals surface area (Å²) in [5.41, 5.74) is -0.178. The number of carbonyl (C=O) groups excluding carboxylic acids is 2. The minimum Gasteiger partial charge on any atom is -0.478 e. The van der Waals surface area contributed by atoms with Gasteiger partial charge in [0.2, 0.25) is 0 Å². The van der Waals surface area contributed by atoms with Crippen molar-refractivity contribution in [3.8, 4) is 0 Å². The molecule has 0 aromatic rings. The maximum atomic E-state index is 11.5. The van der Waals surface area contributed by atoms with Crippen LogP contribution in [0.5, 0.6) is 0 Å². The molecule has 19 heavy (non-hydrogen) atoms. The van der Waals surface area contributed by atoms with E-state index in [4.69, 9.17) is 5.11 Å². The largest absolute Gasteiger partial charge is 0.478 e. The summed E-state index contributed by atoms with van der Waals surface area (Å²) in [6, 6.07) is -1.11. The highest BCUT2D eigenvalue weighted by Gasteiger charge is 2.16. The van der Waals surface area contributed by atoms with Gasteiger partial charge in [0.05, 0.1) is 0 Å². The van der Waals surface area contributed by atoms with E-state index < -0.39 is 28.7 Å². The second kappa shape index (κ2) is 7.67. The quantitative estimate of drug-likeness (QED) is 0.617. The summed E-state index contributed by atoms with van der Waals surface area (Å²) in [4.78, 5) is 33.6. The minimum absolute atomic E-state index is 0.0469. The lowest BCUT2D eigenvalue weighted by Crippen LogP contribution is -2.45. The van der Waals surface area contributed by atoms with Gasteiger partial charge in [-0.3, -0.25) is 14.3 Å². The Bertz CT molecular complexity index is 444. The lowest BCUT2D eigenvalue weighted by atomic mass is 10.1. The number of carbonyl (C=O) groups is 3. The number of carboxylic acids is 1. The van der Waals surface area contributed by atoms with Crippen molar-refractivity contribution >= 4 is 28.7 Å². The van der Waals surface area contributed by atoms with Crippen LogP contribution in [0.25, 0.3) is 0 Å². The van der Waals surface area contributed by atoms with Gasteiger partial charge in [-0.2, -0.15) is 0 Å². The molecule has 7 nitrogen and oxygen atoms in total. The van der Waals surface area contributed by atoms with Crippen molar-refractivity contribution in [1.82, 2.24) is 10.6 Å². The molecule has 0 aliphatic heterocycles. The van der Waals surface area contributed by atoms with Crippen molar-refractivity contribution in [1.29, 1.82) is 0 Å². The zero-order valence-corrected chi connectivity index (χ0v) is 12.1. The van der Waals surface area contributed by atoms with Crippen LogP contribution in [0, 0.1) is 0 Å². The molecule has 0 saturated carbocycles. The van der Waals surface area contributed by atoms with Gasteiger partial charge in [0, 0.05) is 40.0 Å². The van der Waals surface area contributed by atoms with Crippen LogP contribution in [-0.4, -0.2) is 45.3 Å². The number of imide groups is 1. The molecule has 2 atom stereocenters. The molecule has 0 aromatic carbocycles. The molecule has 0 aliphatic rings. The first-order chi connectivity index (χ1) is 8.65. The normalized spacial score (nSPS) is 14.9. The fraction of sp³-hybridized carbons (Fsp3) is 0.545. The molecule has 3 N–H and O–H groups in total. The van der Waals surface area contributed by atoms with Crippen molar-refractivity contribution in [2.75, 3.05) is 12.0 Å². The summed E-state index contributed by atoms with van der Waals surface area (Å²) >= 11 is 0. The van der Waals surface area contributed by atoms with Gasteiger partial charge in [0.25, 0.3) is 5.91 Å². The molecule has 0 saturated heterocycles. The Hall–Kier alpha value is -1.70. The molecule has 8 heteroatoms. The number of nitrogens with one attached hydrogen (secondary N) is 2. The van der Waals surface area contributed by atoms with Crippen LogP contribution in [0.2, 0.25) is 0 Å². The second-order valence-electron chi connectivity index (χ2n) is 4.12. The number of rotatable bonds is 5. The maximum absolute atomic E-state index is 11.5. The Morgan fingerprint density at radius 2 is 1.74 bits per heavy atom. The fourth-order valence-electron chi connectivity index (χ4n) is 1.18. The second-order valence-corrected chi connectivity index (χ2v) is 5.60. The van der Waals surface area contributed by atoms with Crippen LogP contribution in [0.4, 0.5) is 4.79 Å². The van der Waals surface area contributed by atoms with Gasteiger partial charge in [-0.25, -0.2) is 9.59 Å². The van der Waals surface area contributed by atoms with E-state index in [9.17, 15) is 18.6 Å². The summed E-state index contributed by atoms with van der Waals surface area (Å²) in [5.74, 6) is -1.73. The Kier molecular flexibility index (Phi) is 6.99. The Morgan fingerprint density at radius 3 is 2.16 bits per heavy atom. The summed E-state index contributed by atoms with van der Waals surface area (Å²) in [5, 5.41) is 13.1. The number of hydrogen-bond acceptors (Lipinski definition) is 4. The number of hydrogen-bond donors (Lipinski definition) is 3. The Labute approximate surface area is 113 Å². The Morgan fingerprint density at radius 1 is 1.21 bits per heavy atom. The zero-order valence-electron chi connectivity index (χ0n) is 11.3. The number of carboxylic acid groups (broad SMARTS) is 1. The molecule has 0 radical (unpaired) electrons. The summed E-state index contributed by atoms with van der Waals surface area (Å²) < 4.78 is 10.9. The van der Waals surface area contributed by atoms with Gasteiger partial charge in [-0.1, -0.05) is 0 Å². The van der Waals surface area contributed by atoms with Crippen molar-refractivity contribution in [3.63, 3.8) is 0 Å². The van der Waals surface area contributed by atoms with Gasteiger partial charge in [0.15, 0.2) is 0 Å². The zero-order chi connectivity index (χ0) is 15.2. The molecule has 0 aromatic heterocycles. The molecule has 2 unspecified atom stereocenters. The van der Waals surface area contributed by atoms with E-state index in [1.54, 1.807) is 6.92 Å². The highest BCUT2D eigenvalue weighted by atomic mass is 32.2. The van der Waals surface area contributed by atoms with Crippen LogP contribution in [0.1, 0.15) is 20.8 Å². The number of amides is 3. The molecular weight excluding hydrogens is 272 g/mol. The van der Waals surface area contributed by atoms with Crippen molar-refractivity contribution in [2.24, 2.45) is 0 Å². The van der Waals surface area contributed by atoms with Crippen LogP contribution in [0.3, 0.4) is 0 Å². The first-order valence-corrected chi connectivity index (χ1v) is 7.20. The third kappa shape index (κ3) is 6.70.